The van der Waals surface area contributed by atoms with Gasteiger partial charge in [0.25, 0.3) is 0 Å². The molecular formula is C18H17BN2. The van der Waals surface area contributed by atoms with Crippen LogP contribution in [0.5, 0.6) is 0 Å². The maximum Gasteiger partial charge on any atom is 0.224 e. The Balaban J connectivity index is 2.03. The molecule has 3 rings (SSSR count). The Morgan fingerprint density at radius 1 is 0.905 bits per heavy atom. The van der Waals surface area contributed by atoms with Gasteiger partial charge in [-0.1, -0.05) is 61.2 Å². The van der Waals surface area contributed by atoms with Crippen LogP contribution in [0, 0.1) is 0 Å². The van der Waals surface area contributed by atoms with Crippen molar-refractivity contribution in [2.45, 2.75) is 0 Å². The van der Waals surface area contributed by atoms with Crippen molar-refractivity contribution >= 4 is 25.8 Å². The van der Waals surface area contributed by atoms with Crippen molar-refractivity contribution in [1.82, 2.24) is 4.81 Å². The minimum Gasteiger partial charge on any atom is -0.385 e. The second-order valence-corrected chi connectivity index (χ2v) is 4.96. The molecule has 0 bridgehead atoms. The van der Waals surface area contributed by atoms with Gasteiger partial charge in [0.1, 0.15) is 5.82 Å². The lowest BCUT2D eigenvalue weighted by molar-refractivity contribution is 0.770. The Morgan fingerprint density at radius 3 is 2.38 bits per heavy atom. The van der Waals surface area contributed by atoms with E-state index in [4.69, 9.17) is 0 Å². The molecule has 2 aromatic carbocycles. The third-order valence-corrected chi connectivity index (χ3v) is 3.56. The van der Waals surface area contributed by atoms with Crippen molar-refractivity contribution in [3.05, 3.63) is 90.5 Å². The summed E-state index contributed by atoms with van der Waals surface area (Å²) < 4.78 is 0. The highest BCUT2D eigenvalue weighted by atomic mass is 15.3. The van der Waals surface area contributed by atoms with Crippen LogP contribution in [0.4, 0.5) is 5.69 Å². The quantitative estimate of drug-likeness (QED) is 0.789. The predicted molar refractivity (Wildman–Crippen MR) is 93.0 cm³/mol. The lowest BCUT2D eigenvalue weighted by Crippen LogP contribution is -2.20. The average molecular weight is 272 g/mol. The molecule has 3 heteroatoms. The number of rotatable bonds is 3. The summed E-state index contributed by atoms with van der Waals surface area (Å²) in [7, 11) is 2.06. The fourth-order valence-corrected chi connectivity index (χ4v) is 2.44. The first-order valence-corrected chi connectivity index (χ1v) is 6.98. The Bertz CT molecular complexity index is 704. The minimum absolute atomic E-state index is 1.12. The molecule has 0 unspecified atom stereocenters. The highest BCUT2D eigenvalue weighted by molar-refractivity contribution is 6.08. The molecule has 0 amide bonds. The van der Waals surface area contributed by atoms with Gasteiger partial charge in [0.2, 0.25) is 7.98 Å². The topological polar surface area (TPSA) is 6.48 Å². The SMILES string of the molecule is BN1C=CN(c2ccccc2C=C)/C1=C/c1ccccc1. The number of hydrogen-bond donors (Lipinski definition) is 0. The van der Waals surface area contributed by atoms with Crippen molar-refractivity contribution in [1.29, 1.82) is 0 Å². The van der Waals surface area contributed by atoms with E-state index in [1.54, 1.807) is 0 Å². The lowest BCUT2D eigenvalue weighted by Gasteiger charge is -2.24. The molecule has 0 aliphatic carbocycles. The zero-order valence-corrected chi connectivity index (χ0v) is 12.1. The van der Waals surface area contributed by atoms with E-state index >= 15 is 0 Å². The Labute approximate surface area is 126 Å². The molecule has 1 aliphatic heterocycles. The molecule has 0 saturated heterocycles. The van der Waals surface area contributed by atoms with E-state index in [1.165, 1.54) is 5.56 Å². The summed E-state index contributed by atoms with van der Waals surface area (Å²) in [4.78, 5) is 4.30. The number of nitrogens with zero attached hydrogens (tertiary/aromatic N) is 2. The van der Waals surface area contributed by atoms with Crippen molar-refractivity contribution in [3.8, 4) is 0 Å². The first-order valence-electron chi connectivity index (χ1n) is 6.98. The van der Waals surface area contributed by atoms with Gasteiger partial charge in [0, 0.05) is 12.4 Å². The fourth-order valence-electron chi connectivity index (χ4n) is 2.44. The molecule has 1 heterocycles. The van der Waals surface area contributed by atoms with Gasteiger partial charge in [-0.05, 0) is 23.3 Å². The highest BCUT2D eigenvalue weighted by Gasteiger charge is 2.19. The van der Waals surface area contributed by atoms with Crippen molar-refractivity contribution in [3.63, 3.8) is 0 Å². The molecule has 0 aromatic heterocycles. The van der Waals surface area contributed by atoms with Crippen LogP contribution < -0.4 is 4.90 Å². The molecule has 1 aliphatic rings. The summed E-state index contributed by atoms with van der Waals surface area (Å²) >= 11 is 0. The number of anilines is 1. The van der Waals surface area contributed by atoms with Crippen LogP contribution in [0.1, 0.15) is 11.1 Å². The molecular weight excluding hydrogens is 255 g/mol. The van der Waals surface area contributed by atoms with Crippen molar-refractivity contribution in [2.24, 2.45) is 0 Å². The van der Waals surface area contributed by atoms with Crippen LogP contribution in [-0.4, -0.2) is 12.8 Å². The van der Waals surface area contributed by atoms with Gasteiger partial charge in [-0.3, -0.25) is 0 Å². The van der Waals surface area contributed by atoms with Crippen LogP contribution in [0.3, 0.4) is 0 Å². The smallest absolute Gasteiger partial charge is 0.224 e. The third kappa shape index (κ3) is 2.63. The van der Waals surface area contributed by atoms with Crippen LogP contribution in [0.25, 0.3) is 12.2 Å². The zero-order valence-electron chi connectivity index (χ0n) is 12.1. The van der Waals surface area contributed by atoms with Crippen LogP contribution in [0.2, 0.25) is 0 Å². The molecule has 102 valence electrons. The lowest BCUT2D eigenvalue weighted by atomic mass is 10.1. The van der Waals surface area contributed by atoms with Gasteiger partial charge in [-0.15, -0.1) is 0 Å². The summed E-state index contributed by atoms with van der Waals surface area (Å²) in [5.74, 6) is 1.12. The molecule has 0 fully saturated rings. The molecule has 0 radical (unpaired) electrons. The normalized spacial score (nSPS) is 15.7. The van der Waals surface area contributed by atoms with Crippen molar-refractivity contribution in [2.75, 3.05) is 4.90 Å². The molecule has 2 aromatic rings. The third-order valence-electron chi connectivity index (χ3n) is 3.56. The summed E-state index contributed by atoms with van der Waals surface area (Å²) in [6, 6.07) is 18.6. The molecule has 0 saturated carbocycles. The first kappa shape index (κ1) is 13.3. The van der Waals surface area contributed by atoms with Gasteiger partial charge in [0.15, 0.2) is 0 Å². The molecule has 2 nitrogen and oxygen atoms in total. The van der Waals surface area contributed by atoms with E-state index in [-0.39, 0.29) is 0 Å². The molecule has 0 spiro atoms. The average Bonchev–Trinajstić information content (AvgIpc) is 2.89. The van der Waals surface area contributed by atoms with E-state index in [1.807, 2.05) is 18.2 Å². The first-order chi connectivity index (χ1) is 10.3. The Kier molecular flexibility index (Phi) is 3.65. The molecule has 21 heavy (non-hydrogen) atoms. The van der Waals surface area contributed by atoms with Gasteiger partial charge in [-0.25, -0.2) is 0 Å². The summed E-state index contributed by atoms with van der Waals surface area (Å²) in [6.07, 6.45) is 8.22. The van der Waals surface area contributed by atoms with Gasteiger partial charge < -0.3 is 9.71 Å². The summed E-state index contributed by atoms with van der Waals surface area (Å²) in [6.45, 7) is 3.91. The van der Waals surface area contributed by atoms with Crippen molar-refractivity contribution < 1.29 is 0 Å². The largest absolute Gasteiger partial charge is 0.385 e. The minimum atomic E-state index is 1.12. The Hall–Kier alpha value is -2.68. The standard InChI is InChI=1S/C18H17BN2/c1-2-16-10-6-7-11-17(16)20-12-13-21(19)18(20)14-15-8-4-3-5-9-15/h2-14H,1,19H2/b18-14-. The molecule has 0 N–H and O–H groups in total. The van der Waals surface area contributed by atoms with Crippen LogP contribution in [0.15, 0.2) is 79.4 Å². The monoisotopic (exact) mass is 272 g/mol. The second kappa shape index (κ2) is 5.75. The number of para-hydroxylation sites is 1. The summed E-state index contributed by atoms with van der Waals surface area (Å²) in [5.41, 5.74) is 3.44. The van der Waals surface area contributed by atoms with Gasteiger partial charge >= 0.3 is 0 Å². The number of benzene rings is 2. The maximum atomic E-state index is 3.91. The van der Waals surface area contributed by atoms with Gasteiger partial charge in [0.05, 0.1) is 5.69 Å². The Morgan fingerprint density at radius 2 is 1.62 bits per heavy atom. The fraction of sp³-hybridized carbons (Fsp3) is 0. The zero-order chi connectivity index (χ0) is 14.7. The van der Waals surface area contributed by atoms with Crippen LogP contribution >= 0.6 is 0 Å². The van der Waals surface area contributed by atoms with E-state index in [2.05, 4.69) is 85.2 Å². The van der Waals surface area contributed by atoms with Crippen LogP contribution in [-0.2, 0) is 0 Å². The summed E-state index contributed by atoms with van der Waals surface area (Å²) in [5, 5.41) is 0. The van der Waals surface area contributed by atoms with E-state index in [0.29, 0.717) is 0 Å². The van der Waals surface area contributed by atoms with E-state index in [9.17, 15) is 0 Å². The molecule has 0 atom stereocenters. The second-order valence-electron chi connectivity index (χ2n) is 4.96. The van der Waals surface area contributed by atoms with E-state index in [0.717, 1.165) is 17.1 Å². The van der Waals surface area contributed by atoms with Gasteiger partial charge in [-0.2, -0.15) is 0 Å². The van der Waals surface area contributed by atoms with E-state index < -0.39 is 0 Å². The highest BCUT2D eigenvalue weighted by Crippen LogP contribution is 2.30. The predicted octanol–water partition coefficient (Wildman–Crippen LogP) is 3.47. The number of hydrogen-bond acceptors (Lipinski definition) is 2. The maximum absolute atomic E-state index is 3.91.